The Balaban J connectivity index is 1.63. The van der Waals surface area contributed by atoms with Crippen molar-refractivity contribution in [1.29, 1.82) is 0 Å². The summed E-state index contributed by atoms with van der Waals surface area (Å²) >= 11 is 1.38. The van der Waals surface area contributed by atoms with Gasteiger partial charge in [0.15, 0.2) is 0 Å². The van der Waals surface area contributed by atoms with E-state index in [9.17, 15) is 4.79 Å². The van der Waals surface area contributed by atoms with Crippen molar-refractivity contribution in [2.24, 2.45) is 5.92 Å². The van der Waals surface area contributed by atoms with Crippen molar-refractivity contribution in [1.82, 2.24) is 10.2 Å². The van der Waals surface area contributed by atoms with Gasteiger partial charge in [0, 0.05) is 5.56 Å². The van der Waals surface area contributed by atoms with Gasteiger partial charge >= 0.3 is 0 Å². The van der Waals surface area contributed by atoms with Gasteiger partial charge in [0.25, 0.3) is 5.91 Å². The van der Waals surface area contributed by atoms with Crippen LogP contribution in [0.25, 0.3) is 10.6 Å². The third-order valence-corrected chi connectivity index (χ3v) is 4.79. The predicted octanol–water partition coefficient (Wildman–Crippen LogP) is 3.58. The van der Waals surface area contributed by atoms with E-state index in [-0.39, 0.29) is 5.91 Å². The number of carbonyl (C=O) groups excluding carboxylic acids is 1. The molecule has 23 heavy (non-hydrogen) atoms. The number of aromatic nitrogens is 2. The highest BCUT2D eigenvalue weighted by Crippen LogP contribution is 2.30. The molecule has 3 rings (SSSR count). The number of amides is 1. The van der Waals surface area contributed by atoms with E-state index in [0.717, 1.165) is 16.1 Å². The first-order valence-electron chi connectivity index (χ1n) is 7.86. The molecule has 0 aliphatic heterocycles. The molecule has 1 aliphatic rings. The van der Waals surface area contributed by atoms with Gasteiger partial charge < -0.3 is 4.74 Å². The van der Waals surface area contributed by atoms with Crippen molar-refractivity contribution in [3.05, 3.63) is 29.3 Å². The van der Waals surface area contributed by atoms with E-state index in [1.807, 2.05) is 6.07 Å². The van der Waals surface area contributed by atoms with Gasteiger partial charge in [-0.3, -0.25) is 10.1 Å². The van der Waals surface area contributed by atoms with Crippen LogP contribution in [-0.4, -0.2) is 28.8 Å². The van der Waals surface area contributed by atoms with Crippen LogP contribution < -0.4 is 5.32 Å². The van der Waals surface area contributed by atoms with Gasteiger partial charge in [0.2, 0.25) is 5.13 Å². The Bertz CT molecular complexity index is 710. The van der Waals surface area contributed by atoms with Crippen LogP contribution in [0.3, 0.4) is 0 Å². The molecule has 1 fully saturated rings. The number of hydrogen-bond acceptors (Lipinski definition) is 5. The predicted molar refractivity (Wildman–Crippen MR) is 91.6 cm³/mol. The van der Waals surface area contributed by atoms with E-state index < -0.39 is 6.10 Å². The molecule has 1 N–H and O–H groups in total. The Morgan fingerprint density at radius 1 is 1.39 bits per heavy atom. The fourth-order valence-corrected chi connectivity index (χ4v) is 3.12. The molecular weight excluding hydrogens is 310 g/mol. The Morgan fingerprint density at radius 3 is 2.87 bits per heavy atom. The number of aryl methyl sites for hydroxylation is 2. The minimum Gasteiger partial charge on any atom is -0.368 e. The first-order chi connectivity index (χ1) is 11.0. The number of nitrogens with one attached hydrogen (secondary N) is 1. The molecule has 1 amide bonds. The summed E-state index contributed by atoms with van der Waals surface area (Å²) in [5, 5.41) is 12.4. The Kier molecular flexibility index (Phi) is 4.73. The van der Waals surface area contributed by atoms with E-state index in [2.05, 4.69) is 41.5 Å². The van der Waals surface area contributed by atoms with Gasteiger partial charge in [-0.1, -0.05) is 35.1 Å². The van der Waals surface area contributed by atoms with E-state index in [0.29, 0.717) is 17.7 Å². The van der Waals surface area contributed by atoms with Crippen molar-refractivity contribution < 1.29 is 9.53 Å². The minimum absolute atomic E-state index is 0.172. The van der Waals surface area contributed by atoms with Crippen LogP contribution in [0, 0.1) is 19.8 Å². The van der Waals surface area contributed by atoms with Gasteiger partial charge in [0.05, 0.1) is 6.61 Å². The number of rotatable bonds is 6. The lowest BCUT2D eigenvalue weighted by Crippen LogP contribution is -2.28. The average Bonchev–Trinajstić information content (AvgIpc) is 3.23. The molecule has 122 valence electrons. The quantitative estimate of drug-likeness (QED) is 0.879. The van der Waals surface area contributed by atoms with Crippen LogP contribution in [0.4, 0.5) is 5.13 Å². The summed E-state index contributed by atoms with van der Waals surface area (Å²) in [6.07, 6.45) is 1.96. The zero-order chi connectivity index (χ0) is 16.4. The second-order valence-electron chi connectivity index (χ2n) is 6.14. The van der Waals surface area contributed by atoms with Gasteiger partial charge in [-0.05, 0) is 45.1 Å². The highest BCUT2D eigenvalue weighted by molar-refractivity contribution is 7.18. The topological polar surface area (TPSA) is 64.1 Å². The summed E-state index contributed by atoms with van der Waals surface area (Å²) in [6, 6.07) is 6.21. The summed E-state index contributed by atoms with van der Waals surface area (Å²) in [4.78, 5) is 12.1. The molecule has 2 aromatic rings. The first-order valence-corrected chi connectivity index (χ1v) is 8.68. The van der Waals surface area contributed by atoms with E-state index in [4.69, 9.17) is 4.74 Å². The maximum Gasteiger partial charge on any atom is 0.255 e. The molecule has 0 radical (unpaired) electrons. The number of carbonyl (C=O) groups is 1. The number of anilines is 1. The maximum atomic E-state index is 12.1. The van der Waals surface area contributed by atoms with Gasteiger partial charge in [0.1, 0.15) is 11.1 Å². The lowest BCUT2D eigenvalue weighted by Gasteiger charge is -2.11. The molecule has 6 heteroatoms. The van der Waals surface area contributed by atoms with Crippen LogP contribution in [0.1, 0.15) is 30.9 Å². The normalized spacial score (nSPS) is 15.4. The van der Waals surface area contributed by atoms with E-state index >= 15 is 0 Å². The lowest BCUT2D eigenvalue weighted by atomic mass is 10.1. The highest BCUT2D eigenvalue weighted by Gasteiger charge is 2.24. The summed E-state index contributed by atoms with van der Waals surface area (Å²) in [5.74, 6) is 0.469. The fraction of sp³-hybridized carbons (Fsp3) is 0.471. The SMILES string of the molecule is Cc1ccc(-c2nnc(NC(=O)C(C)OCC3CC3)s2)c(C)c1. The Hall–Kier alpha value is -1.79. The Morgan fingerprint density at radius 2 is 2.17 bits per heavy atom. The van der Waals surface area contributed by atoms with Gasteiger partial charge in [-0.15, -0.1) is 10.2 Å². The molecule has 1 atom stereocenters. The number of benzene rings is 1. The molecule has 0 saturated heterocycles. The third kappa shape index (κ3) is 4.14. The highest BCUT2D eigenvalue weighted by atomic mass is 32.1. The van der Waals surface area contributed by atoms with Crippen molar-refractivity contribution in [2.45, 2.75) is 39.7 Å². The second-order valence-corrected chi connectivity index (χ2v) is 7.12. The smallest absolute Gasteiger partial charge is 0.255 e. The largest absolute Gasteiger partial charge is 0.368 e. The summed E-state index contributed by atoms with van der Waals surface area (Å²) < 4.78 is 5.57. The third-order valence-electron chi connectivity index (χ3n) is 3.92. The summed E-state index contributed by atoms with van der Waals surface area (Å²) in [6.45, 7) is 6.55. The zero-order valence-corrected chi connectivity index (χ0v) is 14.4. The standard InChI is InChI=1S/C17H21N3O2S/c1-10-4-7-14(11(2)8-10)16-19-20-17(23-16)18-15(21)12(3)22-9-13-5-6-13/h4,7-8,12-13H,5-6,9H2,1-3H3,(H,18,20,21). The molecule has 1 aliphatic carbocycles. The van der Waals surface area contributed by atoms with Crippen LogP contribution >= 0.6 is 11.3 Å². The number of ether oxygens (including phenoxy) is 1. The molecule has 1 saturated carbocycles. The van der Waals surface area contributed by atoms with Crippen molar-refractivity contribution >= 4 is 22.4 Å². The lowest BCUT2D eigenvalue weighted by molar-refractivity contribution is -0.126. The number of nitrogens with zero attached hydrogens (tertiary/aromatic N) is 2. The molecule has 1 heterocycles. The molecule has 0 spiro atoms. The molecule has 1 aromatic heterocycles. The molecule has 1 aromatic carbocycles. The van der Waals surface area contributed by atoms with Crippen LogP contribution in [0.15, 0.2) is 18.2 Å². The number of hydrogen-bond donors (Lipinski definition) is 1. The van der Waals surface area contributed by atoms with Crippen LogP contribution in [0.2, 0.25) is 0 Å². The first kappa shape index (κ1) is 16.1. The molecular formula is C17H21N3O2S. The fourth-order valence-electron chi connectivity index (χ4n) is 2.28. The van der Waals surface area contributed by atoms with Crippen LogP contribution in [-0.2, 0) is 9.53 Å². The van der Waals surface area contributed by atoms with Gasteiger partial charge in [-0.2, -0.15) is 0 Å². The summed E-state index contributed by atoms with van der Waals surface area (Å²) in [7, 11) is 0. The maximum absolute atomic E-state index is 12.1. The van der Waals surface area contributed by atoms with Gasteiger partial charge in [-0.25, -0.2) is 0 Å². The molecule has 1 unspecified atom stereocenters. The monoisotopic (exact) mass is 331 g/mol. The minimum atomic E-state index is -0.468. The zero-order valence-electron chi connectivity index (χ0n) is 13.6. The van der Waals surface area contributed by atoms with Crippen LogP contribution in [0.5, 0.6) is 0 Å². The second kappa shape index (κ2) is 6.76. The Labute approximate surface area is 140 Å². The van der Waals surface area contributed by atoms with E-state index in [1.54, 1.807) is 6.92 Å². The van der Waals surface area contributed by atoms with Crippen molar-refractivity contribution in [3.8, 4) is 10.6 Å². The summed E-state index contributed by atoms with van der Waals surface area (Å²) in [5.41, 5.74) is 3.41. The molecule has 5 nitrogen and oxygen atoms in total. The van der Waals surface area contributed by atoms with Crippen molar-refractivity contribution in [3.63, 3.8) is 0 Å². The van der Waals surface area contributed by atoms with Crippen molar-refractivity contribution in [2.75, 3.05) is 11.9 Å². The van der Waals surface area contributed by atoms with E-state index in [1.165, 1.54) is 29.7 Å². The molecule has 0 bridgehead atoms. The average molecular weight is 331 g/mol.